The third-order valence-electron chi connectivity index (χ3n) is 1.79. The van der Waals surface area contributed by atoms with Gasteiger partial charge in [0, 0.05) is 11.6 Å². The molecule has 0 rings (SSSR count). The fourth-order valence-electron chi connectivity index (χ4n) is 1.02. The lowest BCUT2D eigenvalue weighted by Crippen LogP contribution is -2.06. The SMILES string of the molecule is C=CC=[N+](C)/C(=C/C=C\C=C)C(=C)C=C. The van der Waals surface area contributed by atoms with E-state index in [0.717, 1.165) is 11.3 Å². The van der Waals surface area contributed by atoms with Crippen molar-refractivity contribution in [2.45, 2.75) is 0 Å². The van der Waals surface area contributed by atoms with E-state index in [4.69, 9.17) is 0 Å². The summed E-state index contributed by atoms with van der Waals surface area (Å²) in [6.45, 7) is 14.9. The van der Waals surface area contributed by atoms with Gasteiger partial charge in [-0.1, -0.05) is 50.6 Å². The molecular weight excluding hydrogens is 182 g/mol. The Labute approximate surface area is 92.5 Å². The summed E-state index contributed by atoms with van der Waals surface area (Å²) in [7, 11) is 1.93. The average molecular weight is 200 g/mol. The summed E-state index contributed by atoms with van der Waals surface area (Å²) in [5.74, 6) is 0. The predicted octanol–water partition coefficient (Wildman–Crippen LogP) is 3.25. The molecule has 78 valence electrons. The van der Waals surface area contributed by atoms with Gasteiger partial charge in [0.25, 0.3) is 0 Å². The second kappa shape index (κ2) is 7.51. The fourth-order valence-corrected chi connectivity index (χ4v) is 1.02. The Morgan fingerprint density at radius 1 is 1.07 bits per heavy atom. The molecule has 0 aliphatic rings. The van der Waals surface area contributed by atoms with Gasteiger partial charge in [0.05, 0.1) is 0 Å². The van der Waals surface area contributed by atoms with E-state index in [9.17, 15) is 0 Å². The van der Waals surface area contributed by atoms with Crippen molar-refractivity contribution >= 4 is 6.21 Å². The van der Waals surface area contributed by atoms with E-state index in [2.05, 4.69) is 26.3 Å². The molecule has 1 heteroatoms. The zero-order valence-corrected chi connectivity index (χ0v) is 9.32. The van der Waals surface area contributed by atoms with Crippen LogP contribution in [0.4, 0.5) is 0 Å². The Kier molecular flexibility index (Phi) is 6.56. The molecule has 0 amide bonds. The van der Waals surface area contributed by atoms with Crippen molar-refractivity contribution in [1.82, 2.24) is 0 Å². The van der Waals surface area contributed by atoms with E-state index >= 15 is 0 Å². The summed E-state index contributed by atoms with van der Waals surface area (Å²) >= 11 is 0. The predicted molar refractivity (Wildman–Crippen MR) is 69.2 cm³/mol. The molecule has 0 radical (unpaired) electrons. The Morgan fingerprint density at radius 2 is 1.73 bits per heavy atom. The van der Waals surface area contributed by atoms with Gasteiger partial charge in [0.2, 0.25) is 5.70 Å². The van der Waals surface area contributed by atoms with E-state index in [1.807, 2.05) is 36.1 Å². The molecular formula is C14H18N+. The van der Waals surface area contributed by atoms with Crippen LogP contribution in [-0.2, 0) is 0 Å². The van der Waals surface area contributed by atoms with E-state index in [1.165, 1.54) is 0 Å². The van der Waals surface area contributed by atoms with Crippen LogP contribution in [0.3, 0.4) is 0 Å². The molecule has 0 aromatic heterocycles. The van der Waals surface area contributed by atoms with Crippen LogP contribution in [0.15, 0.2) is 74.0 Å². The summed E-state index contributed by atoms with van der Waals surface area (Å²) in [5.41, 5.74) is 1.84. The van der Waals surface area contributed by atoms with Crippen molar-refractivity contribution in [2.75, 3.05) is 7.05 Å². The molecule has 0 N–H and O–H groups in total. The first-order valence-electron chi connectivity index (χ1n) is 4.67. The zero-order valence-electron chi connectivity index (χ0n) is 9.32. The number of allylic oxidation sites excluding steroid dienone is 6. The van der Waals surface area contributed by atoms with Crippen molar-refractivity contribution in [3.05, 3.63) is 74.0 Å². The van der Waals surface area contributed by atoms with Gasteiger partial charge in [-0.25, -0.2) is 4.58 Å². The molecule has 0 aliphatic heterocycles. The minimum Gasteiger partial charge on any atom is -0.201 e. The van der Waals surface area contributed by atoms with Gasteiger partial charge in [-0.3, -0.25) is 0 Å². The first kappa shape index (κ1) is 13.1. The van der Waals surface area contributed by atoms with Crippen molar-refractivity contribution in [3.63, 3.8) is 0 Å². The fraction of sp³-hybridized carbons (Fsp3) is 0.0714. The highest BCUT2D eigenvalue weighted by atomic mass is 15.0. The molecule has 0 atom stereocenters. The lowest BCUT2D eigenvalue weighted by Gasteiger charge is -1.99. The molecule has 0 aromatic rings. The zero-order chi connectivity index (χ0) is 11.7. The molecule has 0 heterocycles. The molecule has 15 heavy (non-hydrogen) atoms. The van der Waals surface area contributed by atoms with Crippen LogP contribution in [0.1, 0.15) is 0 Å². The van der Waals surface area contributed by atoms with E-state index < -0.39 is 0 Å². The van der Waals surface area contributed by atoms with Gasteiger partial charge in [-0.05, 0) is 6.08 Å². The smallest absolute Gasteiger partial charge is 0.201 e. The maximum atomic E-state index is 3.91. The summed E-state index contributed by atoms with van der Waals surface area (Å²) in [6, 6.07) is 0. The van der Waals surface area contributed by atoms with Crippen LogP contribution >= 0.6 is 0 Å². The molecule has 0 saturated heterocycles. The van der Waals surface area contributed by atoms with Gasteiger partial charge in [0.15, 0.2) is 6.21 Å². The molecule has 0 bridgehead atoms. The van der Waals surface area contributed by atoms with E-state index in [1.54, 1.807) is 18.2 Å². The van der Waals surface area contributed by atoms with Crippen LogP contribution < -0.4 is 0 Å². The van der Waals surface area contributed by atoms with E-state index in [0.29, 0.717) is 0 Å². The Bertz CT molecular complexity index is 352. The third kappa shape index (κ3) is 4.77. The first-order valence-corrected chi connectivity index (χ1v) is 4.67. The minimum absolute atomic E-state index is 0.865. The molecule has 0 aromatic carbocycles. The number of hydrogen-bond donors (Lipinski definition) is 0. The topological polar surface area (TPSA) is 3.01 Å². The molecule has 1 nitrogen and oxygen atoms in total. The maximum Gasteiger partial charge on any atom is 0.211 e. The third-order valence-corrected chi connectivity index (χ3v) is 1.79. The average Bonchev–Trinajstić information content (AvgIpc) is 2.23. The quantitative estimate of drug-likeness (QED) is 0.352. The first-order chi connectivity index (χ1) is 7.17. The van der Waals surface area contributed by atoms with Crippen molar-refractivity contribution in [3.8, 4) is 0 Å². The van der Waals surface area contributed by atoms with Gasteiger partial charge in [0.1, 0.15) is 7.05 Å². The summed E-state index contributed by atoms with van der Waals surface area (Å²) in [4.78, 5) is 0. The maximum absolute atomic E-state index is 3.91. The number of rotatable bonds is 6. The number of likely N-dealkylation sites (N-methyl/N-ethyl adjacent to an activating group) is 1. The second-order valence-corrected chi connectivity index (χ2v) is 2.90. The molecule has 0 saturated carbocycles. The van der Waals surface area contributed by atoms with Crippen molar-refractivity contribution in [1.29, 1.82) is 0 Å². The second-order valence-electron chi connectivity index (χ2n) is 2.90. The Balaban J connectivity index is 5.13. The largest absolute Gasteiger partial charge is 0.211 e. The molecule has 0 spiro atoms. The van der Waals surface area contributed by atoms with Gasteiger partial charge in [-0.15, -0.1) is 0 Å². The van der Waals surface area contributed by atoms with Crippen molar-refractivity contribution < 1.29 is 4.58 Å². The normalized spacial score (nSPS) is 12.6. The van der Waals surface area contributed by atoms with Gasteiger partial charge >= 0.3 is 0 Å². The van der Waals surface area contributed by atoms with Crippen LogP contribution in [-0.4, -0.2) is 17.8 Å². The van der Waals surface area contributed by atoms with Crippen LogP contribution in [0.2, 0.25) is 0 Å². The lowest BCUT2D eigenvalue weighted by molar-refractivity contribution is -0.433. The molecule has 0 fully saturated rings. The summed E-state index contributed by atoms with van der Waals surface area (Å²) in [5, 5.41) is 0. The van der Waals surface area contributed by atoms with Crippen LogP contribution in [0.5, 0.6) is 0 Å². The lowest BCUT2D eigenvalue weighted by atomic mass is 10.2. The Morgan fingerprint density at radius 3 is 2.20 bits per heavy atom. The van der Waals surface area contributed by atoms with Crippen molar-refractivity contribution in [2.24, 2.45) is 0 Å². The highest BCUT2D eigenvalue weighted by molar-refractivity contribution is 5.65. The number of nitrogens with zero attached hydrogens (tertiary/aromatic N) is 1. The number of hydrogen-bond acceptors (Lipinski definition) is 0. The summed E-state index contributed by atoms with van der Waals surface area (Å²) in [6.07, 6.45) is 12.8. The highest BCUT2D eigenvalue weighted by Gasteiger charge is 2.07. The van der Waals surface area contributed by atoms with Gasteiger partial charge < -0.3 is 0 Å². The van der Waals surface area contributed by atoms with Crippen LogP contribution in [0.25, 0.3) is 0 Å². The summed E-state index contributed by atoms with van der Waals surface area (Å²) < 4.78 is 1.93. The van der Waals surface area contributed by atoms with Crippen LogP contribution in [0, 0.1) is 0 Å². The van der Waals surface area contributed by atoms with E-state index in [-0.39, 0.29) is 0 Å². The van der Waals surface area contributed by atoms with Gasteiger partial charge in [-0.2, -0.15) is 0 Å². The molecule has 0 unspecified atom stereocenters. The monoisotopic (exact) mass is 200 g/mol. The minimum atomic E-state index is 0.865. The highest BCUT2D eigenvalue weighted by Crippen LogP contribution is 2.08. The Hall–Kier alpha value is -1.89. The molecule has 0 aliphatic carbocycles. The standard InChI is InChI=1S/C14H18N/c1-6-9-10-11-14(13(4)8-3)15(5)12-7-2/h6-12H,1-4H2,5H3/q+1/b10-9-,14-11+,15-12?.